The maximum Gasteiger partial charge on any atom is 0.217 e. The summed E-state index contributed by atoms with van der Waals surface area (Å²) >= 11 is 0. The van der Waals surface area contributed by atoms with Crippen LogP contribution in [-0.4, -0.2) is 28.9 Å². The van der Waals surface area contributed by atoms with Crippen molar-refractivity contribution in [2.24, 2.45) is 5.92 Å². The van der Waals surface area contributed by atoms with Gasteiger partial charge in [-0.05, 0) is 67.4 Å². The molecule has 4 nitrogen and oxygen atoms in total. The van der Waals surface area contributed by atoms with Crippen LogP contribution >= 0.6 is 0 Å². The molecule has 1 saturated heterocycles. The van der Waals surface area contributed by atoms with Crippen LogP contribution in [0.1, 0.15) is 42.9 Å². The first kappa shape index (κ1) is 18.6. The fraction of sp³-hybridized carbons (Fsp3) is 0.455. The SMILES string of the molecule is CC(=O)NCc1ccc(CN2CCC(CCc3cccnc3)CC2)cc1. The monoisotopic (exact) mass is 351 g/mol. The number of aryl methyl sites for hydroxylation is 1. The number of hydrogen-bond donors (Lipinski definition) is 1. The highest BCUT2D eigenvalue weighted by Gasteiger charge is 2.19. The van der Waals surface area contributed by atoms with Gasteiger partial charge in [0.05, 0.1) is 0 Å². The normalized spacial score (nSPS) is 15.7. The molecule has 0 atom stereocenters. The van der Waals surface area contributed by atoms with Crippen molar-refractivity contribution in [3.8, 4) is 0 Å². The van der Waals surface area contributed by atoms with E-state index in [9.17, 15) is 4.79 Å². The van der Waals surface area contributed by atoms with Crippen molar-refractivity contribution in [3.05, 3.63) is 65.5 Å². The number of hydrogen-bond acceptors (Lipinski definition) is 3. The third kappa shape index (κ3) is 5.95. The summed E-state index contributed by atoms with van der Waals surface area (Å²) < 4.78 is 0. The quantitative estimate of drug-likeness (QED) is 0.829. The summed E-state index contributed by atoms with van der Waals surface area (Å²) in [7, 11) is 0. The Morgan fingerprint density at radius 1 is 1.12 bits per heavy atom. The molecule has 1 aromatic heterocycles. The number of nitrogens with zero attached hydrogens (tertiary/aromatic N) is 2. The van der Waals surface area contributed by atoms with Gasteiger partial charge in [-0.3, -0.25) is 14.7 Å². The van der Waals surface area contributed by atoms with E-state index in [-0.39, 0.29) is 5.91 Å². The Kier molecular flexibility index (Phi) is 6.78. The molecule has 0 aliphatic carbocycles. The van der Waals surface area contributed by atoms with E-state index in [2.05, 4.69) is 45.5 Å². The zero-order chi connectivity index (χ0) is 18.2. The lowest BCUT2D eigenvalue weighted by molar-refractivity contribution is -0.119. The van der Waals surface area contributed by atoms with E-state index < -0.39 is 0 Å². The van der Waals surface area contributed by atoms with Crippen molar-refractivity contribution in [2.75, 3.05) is 13.1 Å². The highest BCUT2D eigenvalue weighted by Crippen LogP contribution is 2.23. The molecule has 3 rings (SSSR count). The van der Waals surface area contributed by atoms with Crippen molar-refractivity contribution in [1.29, 1.82) is 0 Å². The van der Waals surface area contributed by atoms with E-state index in [1.807, 2.05) is 18.5 Å². The van der Waals surface area contributed by atoms with E-state index in [0.717, 1.165) is 24.4 Å². The molecule has 2 heterocycles. The summed E-state index contributed by atoms with van der Waals surface area (Å²) in [4.78, 5) is 17.7. The molecule has 0 bridgehead atoms. The van der Waals surface area contributed by atoms with Crippen LogP contribution in [0.5, 0.6) is 0 Å². The number of piperidine rings is 1. The van der Waals surface area contributed by atoms with Gasteiger partial charge in [-0.1, -0.05) is 30.3 Å². The zero-order valence-electron chi connectivity index (χ0n) is 15.7. The standard InChI is InChI=1S/C22H29N3O/c1-18(26)24-16-21-6-8-22(9-7-21)17-25-13-10-19(11-14-25)4-5-20-3-2-12-23-15-20/h2-3,6-9,12,15,19H,4-5,10-11,13-14,16-17H2,1H3,(H,24,26). The molecule has 0 spiro atoms. The van der Waals surface area contributed by atoms with Gasteiger partial charge >= 0.3 is 0 Å². The predicted molar refractivity (Wildman–Crippen MR) is 105 cm³/mol. The van der Waals surface area contributed by atoms with Crippen LogP contribution < -0.4 is 5.32 Å². The largest absolute Gasteiger partial charge is 0.352 e. The van der Waals surface area contributed by atoms with Gasteiger partial charge in [0.25, 0.3) is 0 Å². The van der Waals surface area contributed by atoms with Crippen LogP contribution in [0.4, 0.5) is 0 Å². The first-order chi connectivity index (χ1) is 12.7. The molecule has 2 aromatic rings. The third-order valence-corrected chi connectivity index (χ3v) is 5.24. The summed E-state index contributed by atoms with van der Waals surface area (Å²) in [5.41, 5.74) is 3.86. The molecule has 1 amide bonds. The maximum absolute atomic E-state index is 11.0. The van der Waals surface area contributed by atoms with Crippen molar-refractivity contribution in [2.45, 2.75) is 45.7 Å². The summed E-state index contributed by atoms with van der Waals surface area (Å²) in [5, 5.41) is 2.84. The zero-order valence-corrected chi connectivity index (χ0v) is 15.7. The summed E-state index contributed by atoms with van der Waals surface area (Å²) in [6.07, 6.45) is 8.84. The molecule has 1 N–H and O–H groups in total. The van der Waals surface area contributed by atoms with Gasteiger partial charge < -0.3 is 5.32 Å². The molecular formula is C22H29N3O. The Balaban J connectivity index is 1.39. The molecule has 0 radical (unpaired) electrons. The molecule has 0 unspecified atom stereocenters. The predicted octanol–water partition coefficient (Wildman–Crippen LogP) is 3.56. The number of likely N-dealkylation sites (tertiary alicyclic amines) is 1. The van der Waals surface area contributed by atoms with Crippen molar-refractivity contribution in [1.82, 2.24) is 15.2 Å². The average Bonchev–Trinajstić information content (AvgIpc) is 2.68. The third-order valence-electron chi connectivity index (χ3n) is 5.24. The second-order valence-corrected chi connectivity index (χ2v) is 7.35. The molecular weight excluding hydrogens is 322 g/mol. The van der Waals surface area contributed by atoms with Gasteiger partial charge in [0.1, 0.15) is 0 Å². The summed E-state index contributed by atoms with van der Waals surface area (Å²) in [5.74, 6) is 0.854. The fourth-order valence-corrected chi connectivity index (χ4v) is 3.60. The molecule has 1 aliphatic heterocycles. The van der Waals surface area contributed by atoms with Gasteiger partial charge in [-0.25, -0.2) is 0 Å². The summed E-state index contributed by atoms with van der Waals surface area (Å²) in [6.45, 7) is 5.55. The van der Waals surface area contributed by atoms with Gasteiger partial charge in [-0.15, -0.1) is 0 Å². The number of amides is 1. The van der Waals surface area contributed by atoms with Crippen LogP contribution in [0.2, 0.25) is 0 Å². The summed E-state index contributed by atoms with van der Waals surface area (Å²) in [6, 6.07) is 12.8. The Morgan fingerprint density at radius 2 is 1.85 bits per heavy atom. The smallest absolute Gasteiger partial charge is 0.217 e. The van der Waals surface area contributed by atoms with E-state index in [4.69, 9.17) is 0 Å². The van der Waals surface area contributed by atoms with E-state index in [0.29, 0.717) is 6.54 Å². The topological polar surface area (TPSA) is 45.2 Å². The minimum Gasteiger partial charge on any atom is -0.352 e. The maximum atomic E-state index is 11.0. The van der Waals surface area contributed by atoms with Crippen LogP contribution in [0.25, 0.3) is 0 Å². The van der Waals surface area contributed by atoms with E-state index in [1.165, 1.54) is 43.5 Å². The van der Waals surface area contributed by atoms with Crippen LogP contribution in [-0.2, 0) is 24.3 Å². The Labute approximate surface area is 156 Å². The minimum absolute atomic E-state index is 0.0143. The van der Waals surface area contributed by atoms with E-state index >= 15 is 0 Å². The highest BCUT2D eigenvalue weighted by molar-refractivity contribution is 5.72. The molecule has 1 fully saturated rings. The number of rotatable bonds is 7. The number of carbonyl (C=O) groups excluding carboxylic acids is 1. The average molecular weight is 351 g/mol. The lowest BCUT2D eigenvalue weighted by Gasteiger charge is -2.32. The van der Waals surface area contributed by atoms with Crippen LogP contribution in [0.15, 0.2) is 48.8 Å². The number of nitrogens with one attached hydrogen (secondary N) is 1. The van der Waals surface area contributed by atoms with E-state index in [1.54, 1.807) is 6.92 Å². The molecule has 138 valence electrons. The number of carbonyl (C=O) groups is 1. The van der Waals surface area contributed by atoms with Crippen LogP contribution in [0, 0.1) is 5.92 Å². The van der Waals surface area contributed by atoms with Gasteiger partial charge in [0, 0.05) is 32.4 Å². The first-order valence-corrected chi connectivity index (χ1v) is 9.62. The van der Waals surface area contributed by atoms with Gasteiger partial charge in [0.2, 0.25) is 5.91 Å². The second kappa shape index (κ2) is 9.48. The van der Waals surface area contributed by atoms with Crippen molar-refractivity contribution in [3.63, 3.8) is 0 Å². The molecule has 4 heteroatoms. The van der Waals surface area contributed by atoms with Crippen molar-refractivity contribution >= 4 is 5.91 Å². The van der Waals surface area contributed by atoms with Gasteiger partial charge in [-0.2, -0.15) is 0 Å². The number of pyridine rings is 1. The molecule has 0 saturated carbocycles. The Hall–Kier alpha value is -2.20. The Morgan fingerprint density at radius 3 is 2.50 bits per heavy atom. The lowest BCUT2D eigenvalue weighted by Crippen LogP contribution is -2.33. The van der Waals surface area contributed by atoms with Gasteiger partial charge in [0.15, 0.2) is 0 Å². The highest BCUT2D eigenvalue weighted by atomic mass is 16.1. The fourth-order valence-electron chi connectivity index (χ4n) is 3.60. The van der Waals surface area contributed by atoms with Crippen molar-refractivity contribution < 1.29 is 4.79 Å². The molecule has 1 aromatic carbocycles. The minimum atomic E-state index is 0.0143. The number of aromatic nitrogens is 1. The second-order valence-electron chi connectivity index (χ2n) is 7.35. The Bertz CT molecular complexity index is 676. The first-order valence-electron chi connectivity index (χ1n) is 9.62. The number of benzene rings is 1. The lowest BCUT2D eigenvalue weighted by atomic mass is 9.90. The molecule has 1 aliphatic rings. The molecule has 26 heavy (non-hydrogen) atoms. The van der Waals surface area contributed by atoms with Crippen LogP contribution in [0.3, 0.4) is 0 Å².